The van der Waals surface area contributed by atoms with Gasteiger partial charge in [0.1, 0.15) is 11.5 Å². The number of rotatable bonds is 7. The number of carbonyl (C=O) groups is 2. The van der Waals surface area contributed by atoms with Gasteiger partial charge in [-0.3, -0.25) is 4.79 Å². The highest BCUT2D eigenvalue weighted by atomic mass is 79.9. The monoisotopic (exact) mass is 480 g/mol. The topological polar surface area (TPSA) is 77.0 Å². The van der Waals surface area contributed by atoms with Crippen molar-refractivity contribution in [3.05, 3.63) is 93.5 Å². The number of halogens is 1. The Kier molecular flexibility index (Phi) is 7.56. The van der Waals surface area contributed by atoms with Crippen LogP contribution in [-0.4, -0.2) is 24.7 Å². The fourth-order valence-electron chi connectivity index (χ4n) is 2.61. The molecule has 0 unspecified atom stereocenters. The third kappa shape index (κ3) is 6.52. The molecule has 3 aromatic rings. The van der Waals surface area contributed by atoms with Crippen LogP contribution in [0.4, 0.5) is 0 Å². The van der Waals surface area contributed by atoms with Gasteiger partial charge in [0.2, 0.25) is 0 Å². The van der Waals surface area contributed by atoms with E-state index in [1.54, 1.807) is 42.5 Å². The molecule has 0 radical (unpaired) electrons. The van der Waals surface area contributed by atoms with Crippen LogP contribution >= 0.6 is 15.9 Å². The standard InChI is InChI=1S/C24H21BrN2O4/c1-16-10-11-19(12-17(16)2)30-15-23(28)27-26-14-18-6-5-7-20(13-18)31-24(29)21-8-3-4-9-22(21)25/h3-14H,15H2,1-2H3,(H,27,28)/b26-14-. The van der Waals surface area contributed by atoms with Crippen molar-refractivity contribution < 1.29 is 19.1 Å². The summed E-state index contributed by atoms with van der Waals surface area (Å²) in [6.45, 7) is 3.84. The maximum atomic E-state index is 12.3. The Morgan fingerprint density at radius 2 is 1.77 bits per heavy atom. The minimum Gasteiger partial charge on any atom is -0.484 e. The van der Waals surface area contributed by atoms with E-state index in [0.29, 0.717) is 27.1 Å². The van der Waals surface area contributed by atoms with Crippen molar-refractivity contribution in [3.63, 3.8) is 0 Å². The number of aryl methyl sites for hydroxylation is 2. The first-order chi connectivity index (χ1) is 14.9. The van der Waals surface area contributed by atoms with E-state index in [0.717, 1.165) is 11.1 Å². The number of amides is 1. The molecule has 3 aromatic carbocycles. The summed E-state index contributed by atoms with van der Waals surface area (Å²) in [5, 5.41) is 3.93. The maximum absolute atomic E-state index is 12.3. The third-order valence-corrected chi connectivity index (χ3v) is 5.11. The molecule has 0 aliphatic carbocycles. The molecule has 0 aliphatic rings. The predicted octanol–water partition coefficient (Wildman–Crippen LogP) is 4.81. The minimum absolute atomic E-state index is 0.149. The van der Waals surface area contributed by atoms with Crippen LogP contribution in [0.15, 0.2) is 76.3 Å². The molecule has 6 nitrogen and oxygen atoms in total. The summed E-state index contributed by atoms with van der Waals surface area (Å²) >= 11 is 3.33. The van der Waals surface area contributed by atoms with Crippen LogP contribution in [-0.2, 0) is 4.79 Å². The molecule has 0 fully saturated rings. The Bertz CT molecular complexity index is 1130. The van der Waals surface area contributed by atoms with E-state index in [-0.39, 0.29) is 12.5 Å². The average Bonchev–Trinajstić information content (AvgIpc) is 2.75. The summed E-state index contributed by atoms with van der Waals surface area (Å²) in [5.41, 5.74) is 5.75. The lowest BCUT2D eigenvalue weighted by Crippen LogP contribution is -2.24. The number of benzene rings is 3. The van der Waals surface area contributed by atoms with Gasteiger partial charge in [0, 0.05) is 4.47 Å². The predicted molar refractivity (Wildman–Crippen MR) is 123 cm³/mol. The second-order valence-electron chi connectivity index (χ2n) is 6.77. The quantitative estimate of drug-likeness (QED) is 0.227. The second kappa shape index (κ2) is 10.5. The largest absolute Gasteiger partial charge is 0.484 e. The zero-order valence-electron chi connectivity index (χ0n) is 17.1. The molecule has 1 N–H and O–H groups in total. The fourth-order valence-corrected chi connectivity index (χ4v) is 3.06. The van der Waals surface area contributed by atoms with Gasteiger partial charge in [-0.2, -0.15) is 5.10 Å². The molecule has 0 bridgehead atoms. The second-order valence-corrected chi connectivity index (χ2v) is 7.62. The van der Waals surface area contributed by atoms with Crippen LogP contribution < -0.4 is 14.9 Å². The molecule has 0 saturated carbocycles. The number of hydrogen-bond acceptors (Lipinski definition) is 5. The molecule has 0 aliphatic heterocycles. The molecule has 0 heterocycles. The van der Waals surface area contributed by atoms with E-state index in [4.69, 9.17) is 9.47 Å². The summed E-state index contributed by atoms with van der Waals surface area (Å²) < 4.78 is 11.5. The van der Waals surface area contributed by atoms with Gasteiger partial charge in [0.15, 0.2) is 6.61 Å². The first kappa shape index (κ1) is 22.2. The Hall–Kier alpha value is -3.45. The van der Waals surface area contributed by atoms with Crippen LogP contribution in [0.2, 0.25) is 0 Å². The molecule has 0 spiro atoms. The van der Waals surface area contributed by atoms with E-state index in [1.807, 2.05) is 38.1 Å². The summed E-state index contributed by atoms with van der Waals surface area (Å²) in [7, 11) is 0. The van der Waals surface area contributed by atoms with Crippen molar-refractivity contribution in [3.8, 4) is 11.5 Å². The lowest BCUT2D eigenvalue weighted by atomic mass is 10.1. The summed E-state index contributed by atoms with van der Waals surface area (Å²) in [4.78, 5) is 24.3. The number of nitrogens with zero attached hydrogens (tertiary/aromatic N) is 1. The first-order valence-electron chi connectivity index (χ1n) is 9.51. The van der Waals surface area contributed by atoms with E-state index in [1.165, 1.54) is 6.21 Å². The number of nitrogens with one attached hydrogen (secondary N) is 1. The van der Waals surface area contributed by atoms with Gasteiger partial charge < -0.3 is 9.47 Å². The van der Waals surface area contributed by atoms with Crippen LogP contribution in [0.25, 0.3) is 0 Å². The number of carbonyl (C=O) groups excluding carboxylic acids is 2. The van der Waals surface area contributed by atoms with Crippen molar-refractivity contribution in [2.75, 3.05) is 6.61 Å². The van der Waals surface area contributed by atoms with E-state index < -0.39 is 5.97 Å². The number of esters is 1. The zero-order chi connectivity index (χ0) is 22.2. The van der Waals surface area contributed by atoms with Gasteiger partial charge in [-0.25, -0.2) is 10.2 Å². The molecular formula is C24H21BrN2O4. The van der Waals surface area contributed by atoms with Gasteiger partial charge in [0.25, 0.3) is 5.91 Å². The molecule has 31 heavy (non-hydrogen) atoms. The molecule has 0 atom stereocenters. The number of hydrazone groups is 1. The molecule has 0 saturated heterocycles. The van der Waals surface area contributed by atoms with Gasteiger partial charge in [0.05, 0.1) is 11.8 Å². The number of ether oxygens (including phenoxy) is 2. The van der Waals surface area contributed by atoms with Gasteiger partial charge in [-0.1, -0.05) is 30.3 Å². The lowest BCUT2D eigenvalue weighted by molar-refractivity contribution is -0.123. The van der Waals surface area contributed by atoms with E-state index in [2.05, 4.69) is 26.5 Å². The first-order valence-corrected chi connectivity index (χ1v) is 10.3. The van der Waals surface area contributed by atoms with Crippen LogP contribution in [0.1, 0.15) is 27.0 Å². The summed E-state index contributed by atoms with van der Waals surface area (Å²) in [5.74, 6) is 0.139. The Labute approximate surface area is 189 Å². The summed E-state index contributed by atoms with van der Waals surface area (Å²) in [6.07, 6.45) is 1.46. The molecule has 158 valence electrons. The maximum Gasteiger partial charge on any atom is 0.344 e. The smallest absolute Gasteiger partial charge is 0.344 e. The van der Waals surface area contributed by atoms with Crippen molar-refractivity contribution in [2.45, 2.75) is 13.8 Å². The zero-order valence-corrected chi connectivity index (χ0v) is 18.7. The van der Waals surface area contributed by atoms with Crippen molar-refractivity contribution >= 4 is 34.0 Å². The van der Waals surface area contributed by atoms with Gasteiger partial charge in [-0.05, 0) is 82.9 Å². The van der Waals surface area contributed by atoms with Crippen molar-refractivity contribution in [2.24, 2.45) is 5.10 Å². The molecule has 0 aromatic heterocycles. The van der Waals surface area contributed by atoms with Crippen molar-refractivity contribution in [1.82, 2.24) is 5.43 Å². The summed E-state index contributed by atoms with van der Waals surface area (Å²) in [6, 6.07) is 19.5. The van der Waals surface area contributed by atoms with Crippen LogP contribution in [0.5, 0.6) is 11.5 Å². The SMILES string of the molecule is Cc1ccc(OCC(=O)N/N=C\c2cccc(OC(=O)c3ccccc3Br)c2)cc1C. The molecule has 1 amide bonds. The van der Waals surface area contributed by atoms with Gasteiger partial charge >= 0.3 is 5.97 Å². The highest BCUT2D eigenvalue weighted by Crippen LogP contribution is 2.20. The van der Waals surface area contributed by atoms with E-state index >= 15 is 0 Å². The average molecular weight is 481 g/mol. The normalized spacial score (nSPS) is 10.7. The van der Waals surface area contributed by atoms with Crippen molar-refractivity contribution in [1.29, 1.82) is 0 Å². The highest BCUT2D eigenvalue weighted by molar-refractivity contribution is 9.10. The molecule has 7 heteroatoms. The Balaban J connectivity index is 1.53. The fraction of sp³-hybridized carbons (Fsp3) is 0.125. The minimum atomic E-state index is -0.474. The number of hydrogen-bond donors (Lipinski definition) is 1. The highest BCUT2D eigenvalue weighted by Gasteiger charge is 2.12. The van der Waals surface area contributed by atoms with Gasteiger partial charge in [-0.15, -0.1) is 0 Å². The Morgan fingerprint density at radius 1 is 0.968 bits per heavy atom. The third-order valence-electron chi connectivity index (χ3n) is 4.41. The Morgan fingerprint density at radius 3 is 2.55 bits per heavy atom. The van der Waals surface area contributed by atoms with Crippen LogP contribution in [0, 0.1) is 13.8 Å². The van der Waals surface area contributed by atoms with Crippen LogP contribution in [0.3, 0.4) is 0 Å². The molecular weight excluding hydrogens is 460 g/mol. The molecule has 3 rings (SSSR count). The lowest BCUT2D eigenvalue weighted by Gasteiger charge is -2.07. The van der Waals surface area contributed by atoms with E-state index in [9.17, 15) is 9.59 Å².